The second kappa shape index (κ2) is 34.3. The summed E-state index contributed by atoms with van der Waals surface area (Å²) in [5, 5.41) is 43.4. The van der Waals surface area contributed by atoms with E-state index in [2.05, 4.69) is 79.9 Å². The number of nitrogens with one attached hydrogen (secondary N) is 1. The van der Waals surface area contributed by atoms with Gasteiger partial charge in [0.2, 0.25) is 5.91 Å². The number of aliphatic hydroxyl groups is 4. The molecule has 6 nitrogen and oxygen atoms in total. The molecule has 1 amide bonds. The number of allylic oxidation sites excluding steroid dienone is 10. The van der Waals surface area contributed by atoms with Crippen molar-refractivity contribution in [3.63, 3.8) is 0 Å². The molecule has 46 heavy (non-hydrogen) atoms. The molecule has 266 valence electrons. The van der Waals surface area contributed by atoms with Gasteiger partial charge in [0.15, 0.2) is 0 Å². The highest BCUT2D eigenvalue weighted by atomic mass is 16.3. The Hall–Kier alpha value is -1.99. The average Bonchev–Trinajstić information content (AvgIpc) is 3.06. The Balaban J connectivity index is 3.96. The molecule has 0 fully saturated rings. The van der Waals surface area contributed by atoms with E-state index in [4.69, 9.17) is 0 Å². The number of hydrogen-bond acceptors (Lipinski definition) is 5. The van der Waals surface area contributed by atoms with Gasteiger partial charge in [-0.15, -0.1) is 0 Å². The van der Waals surface area contributed by atoms with Crippen molar-refractivity contribution in [2.75, 3.05) is 6.61 Å². The molecule has 0 saturated carbocycles. The maximum atomic E-state index is 12.4. The highest BCUT2D eigenvalue weighted by Crippen LogP contribution is 2.12. The minimum atomic E-state index is -1.30. The van der Waals surface area contributed by atoms with E-state index in [1.807, 2.05) is 0 Å². The summed E-state index contributed by atoms with van der Waals surface area (Å²) in [7, 11) is 0. The molecular formula is C40H71NO5. The second-order valence-corrected chi connectivity index (χ2v) is 12.6. The van der Waals surface area contributed by atoms with E-state index in [0.29, 0.717) is 19.3 Å². The first-order valence-corrected chi connectivity index (χ1v) is 18.7. The van der Waals surface area contributed by atoms with Crippen LogP contribution >= 0.6 is 0 Å². The van der Waals surface area contributed by atoms with Gasteiger partial charge in [0.1, 0.15) is 12.2 Å². The quantitative estimate of drug-likeness (QED) is 0.0285. The topological polar surface area (TPSA) is 110 Å². The van der Waals surface area contributed by atoms with Crippen molar-refractivity contribution in [1.29, 1.82) is 0 Å². The zero-order chi connectivity index (χ0) is 33.9. The summed E-state index contributed by atoms with van der Waals surface area (Å²) in [4.78, 5) is 12.4. The van der Waals surface area contributed by atoms with Crippen LogP contribution in [0.1, 0.15) is 155 Å². The van der Waals surface area contributed by atoms with E-state index in [1.54, 1.807) is 0 Å². The monoisotopic (exact) mass is 646 g/mol. The molecule has 0 radical (unpaired) electrons. The third kappa shape index (κ3) is 28.3. The molecule has 0 saturated heterocycles. The predicted molar refractivity (Wildman–Crippen MR) is 196 cm³/mol. The zero-order valence-electron chi connectivity index (χ0n) is 29.5. The van der Waals surface area contributed by atoms with Gasteiger partial charge >= 0.3 is 0 Å². The van der Waals surface area contributed by atoms with Crippen molar-refractivity contribution in [1.82, 2.24) is 5.32 Å². The number of rotatable bonds is 32. The molecule has 0 bridgehead atoms. The van der Waals surface area contributed by atoms with Crippen LogP contribution in [0.2, 0.25) is 0 Å². The summed E-state index contributed by atoms with van der Waals surface area (Å²) in [6.07, 6.45) is 40.9. The van der Waals surface area contributed by atoms with Crippen molar-refractivity contribution >= 4 is 5.91 Å². The SMILES string of the molecule is CCCCC/C=C\C=C/CCCCCCCC(O)C(=O)NC(CO)C(O)C(O)CCC/C=C/CC/C=C/CC/C=C/CCCCC. The second-order valence-electron chi connectivity index (χ2n) is 12.6. The van der Waals surface area contributed by atoms with Crippen LogP contribution in [-0.4, -0.2) is 57.3 Å². The molecule has 0 aliphatic rings. The number of hydrogen-bond donors (Lipinski definition) is 5. The third-order valence-corrected chi connectivity index (χ3v) is 8.18. The number of amides is 1. The molecule has 0 aromatic carbocycles. The Morgan fingerprint density at radius 3 is 1.50 bits per heavy atom. The minimum absolute atomic E-state index is 0.337. The summed E-state index contributed by atoms with van der Waals surface area (Å²) in [6, 6.07) is -1.02. The zero-order valence-corrected chi connectivity index (χ0v) is 29.5. The number of aliphatic hydroxyl groups excluding tert-OH is 4. The van der Waals surface area contributed by atoms with Crippen molar-refractivity contribution in [3.05, 3.63) is 60.8 Å². The smallest absolute Gasteiger partial charge is 0.249 e. The lowest BCUT2D eigenvalue weighted by Crippen LogP contribution is -2.53. The van der Waals surface area contributed by atoms with Gasteiger partial charge in [0.05, 0.1) is 18.8 Å². The van der Waals surface area contributed by atoms with Crippen LogP contribution in [0.25, 0.3) is 0 Å². The highest BCUT2D eigenvalue weighted by Gasteiger charge is 2.28. The van der Waals surface area contributed by atoms with E-state index >= 15 is 0 Å². The Bertz CT molecular complexity index is 818. The molecular weight excluding hydrogens is 574 g/mol. The molecule has 0 aromatic heterocycles. The van der Waals surface area contributed by atoms with Crippen molar-refractivity contribution in [3.8, 4) is 0 Å². The van der Waals surface area contributed by atoms with E-state index in [9.17, 15) is 25.2 Å². The van der Waals surface area contributed by atoms with Crippen molar-refractivity contribution in [2.24, 2.45) is 0 Å². The Kier molecular flexibility index (Phi) is 32.9. The first-order chi connectivity index (χ1) is 22.5. The Morgan fingerprint density at radius 1 is 0.543 bits per heavy atom. The minimum Gasteiger partial charge on any atom is -0.394 e. The van der Waals surface area contributed by atoms with Crippen LogP contribution in [0.15, 0.2) is 60.8 Å². The van der Waals surface area contributed by atoms with Gasteiger partial charge in [0.25, 0.3) is 0 Å². The maximum Gasteiger partial charge on any atom is 0.249 e. The summed E-state index contributed by atoms with van der Waals surface area (Å²) in [5.41, 5.74) is 0. The van der Waals surface area contributed by atoms with E-state index < -0.39 is 36.9 Å². The summed E-state index contributed by atoms with van der Waals surface area (Å²) < 4.78 is 0. The highest BCUT2D eigenvalue weighted by molar-refractivity contribution is 5.80. The summed E-state index contributed by atoms with van der Waals surface area (Å²) >= 11 is 0. The fourth-order valence-electron chi connectivity index (χ4n) is 5.13. The fourth-order valence-corrected chi connectivity index (χ4v) is 5.13. The fraction of sp³-hybridized carbons (Fsp3) is 0.725. The first kappa shape index (κ1) is 44.0. The van der Waals surface area contributed by atoms with Gasteiger partial charge in [0, 0.05) is 0 Å². The van der Waals surface area contributed by atoms with Gasteiger partial charge in [-0.2, -0.15) is 0 Å². The lowest BCUT2D eigenvalue weighted by atomic mass is 10.00. The van der Waals surface area contributed by atoms with Gasteiger partial charge < -0.3 is 25.7 Å². The lowest BCUT2D eigenvalue weighted by Gasteiger charge is -2.27. The lowest BCUT2D eigenvalue weighted by molar-refractivity contribution is -0.132. The molecule has 0 rings (SSSR count). The normalized spacial score (nSPS) is 15.2. The molecule has 5 N–H and O–H groups in total. The van der Waals surface area contributed by atoms with E-state index in [0.717, 1.165) is 77.0 Å². The van der Waals surface area contributed by atoms with Gasteiger partial charge in [-0.25, -0.2) is 0 Å². The van der Waals surface area contributed by atoms with Gasteiger partial charge in [-0.05, 0) is 89.9 Å². The van der Waals surface area contributed by atoms with Crippen molar-refractivity contribution < 1.29 is 25.2 Å². The largest absolute Gasteiger partial charge is 0.394 e. The van der Waals surface area contributed by atoms with Crippen LogP contribution in [0, 0.1) is 0 Å². The molecule has 0 heterocycles. The van der Waals surface area contributed by atoms with Crippen LogP contribution in [0.4, 0.5) is 0 Å². The first-order valence-electron chi connectivity index (χ1n) is 18.7. The van der Waals surface area contributed by atoms with E-state index in [-0.39, 0.29) is 0 Å². The van der Waals surface area contributed by atoms with Crippen LogP contribution in [-0.2, 0) is 4.79 Å². The number of carbonyl (C=O) groups excluding carboxylic acids is 1. The van der Waals surface area contributed by atoms with Gasteiger partial charge in [-0.3, -0.25) is 4.79 Å². The molecule has 0 spiro atoms. The predicted octanol–water partition coefficient (Wildman–Crippen LogP) is 8.95. The third-order valence-electron chi connectivity index (χ3n) is 8.18. The summed E-state index contributed by atoms with van der Waals surface area (Å²) in [6.45, 7) is 3.93. The summed E-state index contributed by atoms with van der Waals surface area (Å²) in [5.74, 6) is -0.617. The molecule has 0 aliphatic heterocycles. The van der Waals surface area contributed by atoms with Gasteiger partial charge in [-0.1, -0.05) is 126 Å². The van der Waals surface area contributed by atoms with Crippen LogP contribution < -0.4 is 5.32 Å². The van der Waals surface area contributed by atoms with Crippen molar-refractivity contribution in [2.45, 2.75) is 179 Å². The van der Waals surface area contributed by atoms with Crippen LogP contribution in [0.3, 0.4) is 0 Å². The standard InChI is InChI=1S/C40H71NO5/c1-3-5-7-9-11-13-15-17-19-20-22-23-25-27-29-31-33-37(43)39(45)36(35-42)41-40(46)38(44)34-32-30-28-26-24-21-18-16-14-12-10-8-6-4-2/h11-14,16,18-20,25,27,36-39,42-45H,3-10,15,17,21-24,26,28-35H2,1-2H3,(H,41,46)/b13-11+,14-12-,18-16-,20-19+,27-25+. The van der Waals surface area contributed by atoms with Crippen LogP contribution in [0.5, 0.6) is 0 Å². The molecule has 4 atom stereocenters. The Morgan fingerprint density at radius 2 is 0.978 bits per heavy atom. The number of unbranched alkanes of at least 4 members (excludes halogenated alkanes) is 14. The van der Waals surface area contributed by atoms with E-state index in [1.165, 1.54) is 44.9 Å². The Labute approximate surface area is 282 Å². The number of carbonyl (C=O) groups is 1. The maximum absolute atomic E-state index is 12.4. The molecule has 0 aliphatic carbocycles. The average molecular weight is 646 g/mol. The molecule has 4 unspecified atom stereocenters. The molecule has 0 aromatic rings. The molecule has 6 heteroatoms.